The van der Waals surface area contributed by atoms with E-state index < -0.39 is 10.2 Å². The second-order valence-electron chi connectivity index (χ2n) is 5.18. The molecule has 2 N–H and O–H groups in total. The van der Waals surface area contributed by atoms with E-state index in [0.717, 1.165) is 19.5 Å². The maximum absolute atomic E-state index is 12.2. The Morgan fingerprint density at radius 3 is 2.69 bits per heavy atom. The van der Waals surface area contributed by atoms with Crippen molar-refractivity contribution in [3.63, 3.8) is 0 Å². The van der Waals surface area contributed by atoms with E-state index in [-0.39, 0.29) is 18.1 Å². The first kappa shape index (κ1) is 12.3. The average molecular weight is 247 g/mol. The molecule has 2 aliphatic heterocycles. The molecule has 2 rings (SSSR count). The molecule has 3 unspecified atom stereocenters. The molecule has 0 bridgehead atoms. The topological polar surface area (TPSA) is 61.4 Å². The van der Waals surface area contributed by atoms with Crippen molar-refractivity contribution in [3.8, 4) is 0 Å². The van der Waals surface area contributed by atoms with Gasteiger partial charge in [-0.2, -0.15) is 17.4 Å². The fourth-order valence-corrected chi connectivity index (χ4v) is 4.78. The van der Waals surface area contributed by atoms with Crippen molar-refractivity contribution in [2.45, 2.75) is 45.3 Å². The summed E-state index contributed by atoms with van der Waals surface area (Å²) in [6.45, 7) is 7.43. The van der Waals surface area contributed by atoms with Gasteiger partial charge in [-0.25, -0.2) is 0 Å². The standard InChI is InChI=1S/C10H21N3O2S/c1-7(2)12-16(14,15)13-8(3)4-9-5-11-6-10(9)13/h7-12H,4-6H2,1-3H3. The summed E-state index contributed by atoms with van der Waals surface area (Å²) in [5.74, 6) is 0.485. The van der Waals surface area contributed by atoms with E-state index in [4.69, 9.17) is 0 Å². The van der Waals surface area contributed by atoms with E-state index in [9.17, 15) is 8.42 Å². The van der Waals surface area contributed by atoms with Gasteiger partial charge in [0.15, 0.2) is 0 Å². The van der Waals surface area contributed by atoms with Crippen LogP contribution in [0.4, 0.5) is 0 Å². The molecule has 16 heavy (non-hydrogen) atoms. The highest BCUT2D eigenvalue weighted by Crippen LogP contribution is 2.33. The third-order valence-electron chi connectivity index (χ3n) is 3.37. The summed E-state index contributed by atoms with van der Waals surface area (Å²) < 4.78 is 28.7. The maximum Gasteiger partial charge on any atom is 0.280 e. The first-order valence-corrected chi connectivity index (χ1v) is 7.37. The molecule has 2 fully saturated rings. The molecule has 3 atom stereocenters. The minimum Gasteiger partial charge on any atom is -0.315 e. The summed E-state index contributed by atoms with van der Waals surface area (Å²) >= 11 is 0. The van der Waals surface area contributed by atoms with Gasteiger partial charge in [0.1, 0.15) is 0 Å². The Balaban J connectivity index is 2.19. The summed E-state index contributed by atoms with van der Waals surface area (Å²) in [6.07, 6.45) is 0.969. The molecular weight excluding hydrogens is 226 g/mol. The molecule has 0 aliphatic carbocycles. The lowest BCUT2D eigenvalue weighted by molar-refractivity contribution is 0.328. The van der Waals surface area contributed by atoms with Crippen molar-refractivity contribution in [2.24, 2.45) is 5.92 Å². The van der Waals surface area contributed by atoms with Crippen LogP contribution in [0.5, 0.6) is 0 Å². The van der Waals surface area contributed by atoms with Gasteiger partial charge in [-0.1, -0.05) is 0 Å². The summed E-state index contributed by atoms with van der Waals surface area (Å²) in [5, 5.41) is 3.27. The van der Waals surface area contributed by atoms with Crippen LogP contribution in [0.25, 0.3) is 0 Å². The lowest BCUT2D eigenvalue weighted by Gasteiger charge is -2.27. The van der Waals surface area contributed by atoms with Gasteiger partial charge in [0.25, 0.3) is 10.2 Å². The number of rotatable bonds is 3. The summed E-state index contributed by atoms with van der Waals surface area (Å²) in [5.41, 5.74) is 0. The number of nitrogens with zero attached hydrogens (tertiary/aromatic N) is 1. The molecule has 0 aromatic carbocycles. The number of nitrogens with one attached hydrogen (secondary N) is 2. The van der Waals surface area contributed by atoms with Crippen molar-refractivity contribution in [3.05, 3.63) is 0 Å². The van der Waals surface area contributed by atoms with Crippen molar-refractivity contribution in [1.82, 2.24) is 14.3 Å². The second-order valence-corrected chi connectivity index (χ2v) is 6.79. The van der Waals surface area contributed by atoms with E-state index in [1.165, 1.54) is 0 Å². The van der Waals surface area contributed by atoms with Gasteiger partial charge >= 0.3 is 0 Å². The monoisotopic (exact) mass is 247 g/mol. The molecule has 6 heteroatoms. The lowest BCUT2D eigenvalue weighted by atomic mass is 10.0. The van der Waals surface area contributed by atoms with Crippen LogP contribution >= 0.6 is 0 Å². The van der Waals surface area contributed by atoms with E-state index >= 15 is 0 Å². The van der Waals surface area contributed by atoms with Gasteiger partial charge < -0.3 is 5.32 Å². The average Bonchev–Trinajstić information content (AvgIpc) is 2.58. The summed E-state index contributed by atoms with van der Waals surface area (Å²) in [7, 11) is -3.32. The fourth-order valence-electron chi connectivity index (χ4n) is 2.90. The van der Waals surface area contributed by atoms with Gasteiger partial charge in [-0.15, -0.1) is 0 Å². The molecule has 0 spiro atoms. The molecular formula is C10H21N3O2S. The lowest BCUT2D eigenvalue weighted by Crippen LogP contribution is -2.50. The quantitative estimate of drug-likeness (QED) is 0.733. The third kappa shape index (κ3) is 2.11. The highest BCUT2D eigenvalue weighted by atomic mass is 32.2. The zero-order chi connectivity index (χ0) is 11.9. The molecule has 2 saturated heterocycles. The molecule has 2 aliphatic rings. The van der Waals surface area contributed by atoms with E-state index in [1.807, 2.05) is 20.8 Å². The Kier molecular flexibility index (Phi) is 3.27. The first-order chi connectivity index (χ1) is 7.42. The van der Waals surface area contributed by atoms with E-state index in [2.05, 4.69) is 10.0 Å². The van der Waals surface area contributed by atoms with E-state index in [1.54, 1.807) is 4.31 Å². The summed E-state index contributed by atoms with van der Waals surface area (Å²) in [4.78, 5) is 0. The van der Waals surface area contributed by atoms with Gasteiger partial charge in [0, 0.05) is 24.7 Å². The molecule has 0 saturated carbocycles. The predicted octanol–water partition coefficient (Wildman–Crippen LogP) is -0.0886. The number of hydrogen-bond donors (Lipinski definition) is 2. The molecule has 0 aromatic rings. The van der Waals surface area contributed by atoms with Crippen LogP contribution in [0.1, 0.15) is 27.2 Å². The number of fused-ring (bicyclic) bond motifs is 1. The predicted molar refractivity (Wildman–Crippen MR) is 63.3 cm³/mol. The van der Waals surface area contributed by atoms with Crippen LogP contribution in [-0.4, -0.2) is 43.9 Å². The van der Waals surface area contributed by atoms with Crippen molar-refractivity contribution in [2.75, 3.05) is 13.1 Å². The smallest absolute Gasteiger partial charge is 0.280 e. The first-order valence-electron chi connectivity index (χ1n) is 5.93. The van der Waals surface area contributed by atoms with Crippen molar-refractivity contribution < 1.29 is 8.42 Å². The zero-order valence-electron chi connectivity index (χ0n) is 10.1. The van der Waals surface area contributed by atoms with Gasteiger partial charge in [-0.3, -0.25) is 0 Å². The highest BCUT2D eigenvalue weighted by Gasteiger charge is 2.47. The number of hydrogen-bond acceptors (Lipinski definition) is 3. The minimum atomic E-state index is -3.32. The van der Waals surface area contributed by atoms with Crippen molar-refractivity contribution in [1.29, 1.82) is 0 Å². The second kappa shape index (κ2) is 4.25. The van der Waals surface area contributed by atoms with Crippen LogP contribution in [0.3, 0.4) is 0 Å². The molecule has 0 aromatic heterocycles. The Labute approximate surface area is 97.8 Å². The molecule has 94 valence electrons. The van der Waals surface area contributed by atoms with Gasteiger partial charge in [-0.05, 0) is 39.7 Å². The van der Waals surface area contributed by atoms with Crippen LogP contribution in [0.2, 0.25) is 0 Å². The molecule has 2 heterocycles. The fraction of sp³-hybridized carbons (Fsp3) is 1.00. The molecule has 5 nitrogen and oxygen atoms in total. The maximum atomic E-state index is 12.2. The van der Waals surface area contributed by atoms with Gasteiger partial charge in [0.2, 0.25) is 0 Å². The molecule has 0 amide bonds. The van der Waals surface area contributed by atoms with Crippen LogP contribution in [0, 0.1) is 5.92 Å². The Bertz CT molecular complexity index is 355. The Morgan fingerprint density at radius 2 is 2.06 bits per heavy atom. The molecule has 0 radical (unpaired) electrons. The van der Waals surface area contributed by atoms with Crippen molar-refractivity contribution >= 4 is 10.2 Å². The Hall–Kier alpha value is -0.170. The van der Waals surface area contributed by atoms with Crippen LogP contribution in [-0.2, 0) is 10.2 Å². The SMILES string of the molecule is CC(C)NS(=O)(=O)N1C(C)CC2CNCC21. The zero-order valence-corrected chi connectivity index (χ0v) is 10.9. The Morgan fingerprint density at radius 1 is 1.38 bits per heavy atom. The normalized spacial score (nSPS) is 35.9. The highest BCUT2D eigenvalue weighted by molar-refractivity contribution is 7.87. The third-order valence-corrected chi connectivity index (χ3v) is 5.33. The van der Waals surface area contributed by atoms with Crippen LogP contribution in [0.15, 0.2) is 0 Å². The largest absolute Gasteiger partial charge is 0.315 e. The van der Waals surface area contributed by atoms with Gasteiger partial charge in [0.05, 0.1) is 0 Å². The van der Waals surface area contributed by atoms with E-state index in [0.29, 0.717) is 5.92 Å². The van der Waals surface area contributed by atoms with Crippen LogP contribution < -0.4 is 10.0 Å². The summed E-state index contributed by atoms with van der Waals surface area (Å²) in [6, 6.07) is 0.213. The minimum absolute atomic E-state index is 0.0504.